The number of hydrogen-bond donors (Lipinski definition) is 2. The molecule has 0 aromatic carbocycles. The third-order valence-corrected chi connectivity index (χ3v) is 3.74. The number of ether oxygens (including phenoxy) is 1. The Hall–Kier alpha value is -1.71. The highest BCUT2D eigenvalue weighted by Gasteiger charge is 2.28. The highest BCUT2D eigenvalue weighted by atomic mass is 16.5. The number of nitrogens with zero attached hydrogens (tertiary/aromatic N) is 3. The average molecular weight is 275 g/mol. The minimum atomic E-state index is 0.0827. The Kier molecular flexibility index (Phi) is 4.88. The molecule has 0 spiro atoms. The van der Waals surface area contributed by atoms with Crippen LogP contribution in [-0.4, -0.2) is 42.5 Å². The molecule has 0 bridgehead atoms. The summed E-state index contributed by atoms with van der Waals surface area (Å²) in [5.74, 6) is 0.567. The summed E-state index contributed by atoms with van der Waals surface area (Å²) in [4.78, 5) is 0. The largest absolute Gasteiger partial charge is 0.378 e. The van der Waals surface area contributed by atoms with E-state index < -0.39 is 0 Å². The van der Waals surface area contributed by atoms with Gasteiger partial charge in [-0.3, -0.25) is 0 Å². The summed E-state index contributed by atoms with van der Waals surface area (Å²) in [6.45, 7) is 5.66. The Labute approximate surface area is 119 Å². The number of nitriles is 1. The third kappa shape index (κ3) is 2.74. The second-order valence-corrected chi connectivity index (χ2v) is 4.85. The number of rotatable bonds is 5. The van der Waals surface area contributed by atoms with Crippen LogP contribution in [0.25, 0.3) is 0 Å². The summed E-state index contributed by atoms with van der Waals surface area (Å²) >= 11 is 0. The van der Waals surface area contributed by atoms with Crippen molar-refractivity contribution in [2.24, 2.45) is 0 Å². The molecule has 1 saturated heterocycles. The maximum atomic E-state index is 9.44. The molecule has 1 aromatic heterocycles. The minimum absolute atomic E-state index is 0.0827. The van der Waals surface area contributed by atoms with E-state index in [-0.39, 0.29) is 12.1 Å². The van der Waals surface area contributed by atoms with E-state index in [2.05, 4.69) is 26.9 Å². The third-order valence-electron chi connectivity index (χ3n) is 3.74. The number of hydrogen-bond acceptors (Lipinski definition) is 6. The van der Waals surface area contributed by atoms with E-state index in [1.807, 2.05) is 13.8 Å². The van der Waals surface area contributed by atoms with E-state index in [4.69, 9.17) is 4.74 Å². The van der Waals surface area contributed by atoms with Gasteiger partial charge in [0, 0.05) is 20.2 Å². The Morgan fingerprint density at radius 1 is 1.35 bits per heavy atom. The van der Waals surface area contributed by atoms with Gasteiger partial charge in [0.15, 0.2) is 5.82 Å². The average Bonchev–Trinajstić information content (AvgIpc) is 2.93. The van der Waals surface area contributed by atoms with Gasteiger partial charge in [-0.1, -0.05) is 13.8 Å². The number of methoxy groups -OCH3 is 1. The lowest BCUT2D eigenvalue weighted by molar-refractivity contribution is 0.111. The van der Waals surface area contributed by atoms with E-state index >= 15 is 0 Å². The molecule has 2 heterocycles. The molecule has 2 atom stereocenters. The van der Waals surface area contributed by atoms with Crippen LogP contribution < -0.4 is 10.6 Å². The van der Waals surface area contributed by atoms with E-state index in [9.17, 15) is 5.26 Å². The molecule has 1 aliphatic rings. The van der Waals surface area contributed by atoms with Crippen molar-refractivity contribution in [1.82, 2.24) is 15.5 Å². The molecular formula is C14H21N5O. The van der Waals surface area contributed by atoms with Gasteiger partial charge in [-0.25, -0.2) is 0 Å². The second-order valence-electron chi connectivity index (χ2n) is 4.85. The van der Waals surface area contributed by atoms with Crippen LogP contribution in [0.2, 0.25) is 0 Å². The first kappa shape index (κ1) is 14.7. The van der Waals surface area contributed by atoms with Crippen molar-refractivity contribution < 1.29 is 4.74 Å². The van der Waals surface area contributed by atoms with Gasteiger partial charge in [-0.2, -0.15) is 10.4 Å². The fourth-order valence-corrected chi connectivity index (χ4v) is 2.62. The molecular weight excluding hydrogens is 254 g/mol. The molecule has 6 nitrogen and oxygen atoms in total. The molecule has 1 fully saturated rings. The van der Waals surface area contributed by atoms with Gasteiger partial charge >= 0.3 is 0 Å². The summed E-state index contributed by atoms with van der Waals surface area (Å²) < 4.78 is 5.41. The highest BCUT2D eigenvalue weighted by molar-refractivity contribution is 5.57. The number of aromatic nitrogens is 2. The van der Waals surface area contributed by atoms with E-state index in [1.54, 1.807) is 7.11 Å². The van der Waals surface area contributed by atoms with E-state index in [1.165, 1.54) is 0 Å². The van der Waals surface area contributed by atoms with Crippen molar-refractivity contribution in [2.45, 2.75) is 38.8 Å². The quantitative estimate of drug-likeness (QED) is 0.829. The lowest BCUT2D eigenvalue weighted by atomic mass is 10.0. The van der Waals surface area contributed by atoms with Gasteiger partial charge in [0.05, 0.1) is 17.8 Å². The molecule has 2 N–H and O–H groups in total. The Morgan fingerprint density at radius 3 is 2.75 bits per heavy atom. The van der Waals surface area contributed by atoms with Crippen molar-refractivity contribution in [1.29, 1.82) is 5.26 Å². The zero-order chi connectivity index (χ0) is 14.5. The Balaban J connectivity index is 2.30. The van der Waals surface area contributed by atoms with Gasteiger partial charge in [0.25, 0.3) is 0 Å². The van der Waals surface area contributed by atoms with Crippen LogP contribution in [-0.2, 0) is 17.6 Å². The van der Waals surface area contributed by atoms with Crippen molar-refractivity contribution >= 4 is 5.82 Å². The molecule has 0 radical (unpaired) electrons. The maximum absolute atomic E-state index is 9.44. The van der Waals surface area contributed by atoms with Gasteiger partial charge < -0.3 is 15.4 Å². The first-order chi connectivity index (χ1) is 9.74. The summed E-state index contributed by atoms with van der Waals surface area (Å²) in [7, 11) is 1.70. The summed E-state index contributed by atoms with van der Waals surface area (Å²) in [5, 5.41) is 24.4. The topological polar surface area (TPSA) is 82.9 Å². The van der Waals surface area contributed by atoms with Crippen LogP contribution in [0.1, 0.15) is 30.7 Å². The van der Waals surface area contributed by atoms with Gasteiger partial charge in [-0.05, 0) is 18.4 Å². The van der Waals surface area contributed by atoms with Gasteiger partial charge in [-0.15, -0.1) is 5.10 Å². The predicted molar refractivity (Wildman–Crippen MR) is 76.6 cm³/mol. The van der Waals surface area contributed by atoms with Crippen molar-refractivity contribution in [3.05, 3.63) is 16.8 Å². The molecule has 108 valence electrons. The molecule has 1 unspecified atom stereocenters. The normalized spacial score (nSPS) is 21.7. The van der Waals surface area contributed by atoms with Gasteiger partial charge in [0.2, 0.25) is 0 Å². The number of aryl methyl sites for hydroxylation is 1. The number of nitrogens with one attached hydrogen (secondary N) is 2. The molecule has 20 heavy (non-hydrogen) atoms. The minimum Gasteiger partial charge on any atom is -0.378 e. The Bertz CT molecular complexity index is 511. The highest BCUT2D eigenvalue weighted by Crippen LogP contribution is 2.21. The Morgan fingerprint density at radius 2 is 2.15 bits per heavy atom. The van der Waals surface area contributed by atoms with Crippen LogP contribution in [0.5, 0.6) is 0 Å². The standard InChI is InChI=1S/C14H21N5O/c1-4-9-10(6-15)14(19-18-11(9)5-2)17-12-7-16-8-13(12)20-3/h12-13,16H,4-5,7-8H2,1-3H3,(H,17,19)/t12?,13-/m0/s1. The molecule has 1 aromatic rings. The second kappa shape index (κ2) is 6.64. The van der Waals surface area contributed by atoms with Crippen LogP contribution in [0.4, 0.5) is 5.82 Å². The summed E-state index contributed by atoms with van der Waals surface area (Å²) in [6.07, 6.45) is 1.66. The first-order valence-corrected chi connectivity index (χ1v) is 7.03. The first-order valence-electron chi connectivity index (χ1n) is 7.03. The van der Waals surface area contributed by atoms with Crippen molar-refractivity contribution in [2.75, 3.05) is 25.5 Å². The SMILES string of the molecule is CCc1nnc(NC2CNC[C@@H]2OC)c(C#N)c1CC. The monoisotopic (exact) mass is 275 g/mol. The summed E-state index contributed by atoms with van der Waals surface area (Å²) in [5.41, 5.74) is 2.51. The van der Waals surface area contributed by atoms with E-state index in [0.29, 0.717) is 11.4 Å². The van der Waals surface area contributed by atoms with Crippen molar-refractivity contribution in [3.8, 4) is 6.07 Å². The maximum Gasteiger partial charge on any atom is 0.167 e. The molecule has 0 aliphatic carbocycles. The summed E-state index contributed by atoms with van der Waals surface area (Å²) in [6, 6.07) is 2.38. The fourth-order valence-electron chi connectivity index (χ4n) is 2.62. The molecule has 0 amide bonds. The molecule has 1 aliphatic heterocycles. The van der Waals surface area contributed by atoms with Crippen LogP contribution in [0.15, 0.2) is 0 Å². The van der Waals surface area contributed by atoms with Crippen LogP contribution in [0, 0.1) is 11.3 Å². The van der Waals surface area contributed by atoms with Crippen LogP contribution in [0.3, 0.4) is 0 Å². The molecule has 0 saturated carbocycles. The smallest absolute Gasteiger partial charge is 0.167 e. The molecule has 6 heteroatoms. The number of anilines is 1. The van der Waals surface area contributed by atoms with Gasteiger partial charge in [0.1, 0.15) is 11.6 Å². The van der Waals surface area contributed by atoms with Crippen LogP contribution >= 0.6 is 0 Å². The lowest BCUT2D eigenvalue weighted by Gasteiger charge is -2.20. The predicted octanol–water partition coefficient (Wildman–Crippen LogP) is 0.872. The zero-order valence-electron chi connectivity index (χ0n) is 12.2. The zero-order valence-corrected chi connectivity index (χ0v) is 12.2. The van der Waals surface area contributed by atoms with Crippen molar-refractivity contribution in [3.63, 3.8) is 0 Å². The molecule has 2 rings (SSSR count). The van der Waals surface area contributed by atoms with E-state index in [0.717, 1.165) is 37.2 Å². The fraction of sp³-hybridized carbons (Fsp3) is 0.643. The lowest BCUT2D eigenvalue weighted by Crippen LogP contribution is -2.34.